The zero-order chi connectivity index (χ0) is 21.4. The number of fused-ring (bicyclic) bond motifs is 1. The molecule has 0 saturated carbocycles. The highest BCUT2D eigenvalue weighted by Gasteiger charge is 2.32. The van der Waals surface area contributed by atoms with Crippen molar-refractivity contribution in [2.45, 2.75) is 45.6 Å². The first-order valence-electron chi connectivity index (χ1n) is 10.9. The molecule has 2 aromatic heterocycles. The molecule has 1 saturated heterocycles. The molecule has 0 aliphatic carbocycles. The van der Waals surface area contributed by atoms with Gasteiger partial charge in [-0.05, 0) is 62.9 Å². The third-order valence-corrected chi connectivity index (χ3v) is 7.34. The molecule has 0 spiro atoms. The summed E-state index contributed by atoms with van der Waals surface area (Å²) in [5, 5.41) is 5.79. The second-order valence-electron chi connectivity index (χ2n) is 8.16. The number of thiazole rings is 1. The van der Waals surface area contributed by atoms with Crippen LogP contribution in [-0.4, -0.2) is 32.1 Å². The number of aryl methyl sites for hydroxylation is 1. The van der Waals surface area contributed by atoms with E-state index in [0.29, 0.717) is 12.8 Å². The molecular weight excluding hydrogens is 404 g/mol. The number of para-hydroxylation sites is 2. The number of carbonyl (C=O) groups is 1. The topological polar surface area (TPSA) is 51.0 Å². The van der Waals surface area contributed by atoms with Gasteiger partial charge in [0.15, 0.2) is 0 Å². The summed E-state index contributed by atoms with van der Waals surface area (Å²) in [5.41, 5.74) is 5.37. The fourth-order valence-corrected chi connectivity index (χ4v) is 5.70. The number of likely N-dealkylation sites (tertiary alicyclic amines) is 1. The van der Waals surface area contributed by atoms with Gasteiger partial charge in [-0.25, -0.2) is 9.67 Å². The first kappa shape index (κ1) is 19.9. The predicted octanol–water partition coefficient (Wildman–Crippen LogP) is 5.40. The molecule has 0 N–H and O–H groups in total. The maximum atomic E-state index is 13.2. The Hall–Kier alpha value is -2.99. The Morgan fingerprint density at radius 1 is 1.10 bits per heavy atom. The van der Waals surface area contributed by atoms with E-state index in [1.54, 1.807) is 11.3 Å². The van der Waals surface area contributed by atoms with Crippen LogP contribution in [0.4, 0.5) is 0 Å². The van der Waals surface area contributed by atoms with Gasteiger partial charge in [0.1, 0.15) is 5.01 Å². The summed E-state index contributed by atoms with van der Waals surface area (Å²) in [5.74, 6) is 0.216. The fraction of sp³-hybridized carbons (Fsp3) is 0.320. The van der Waals surface area contributed by atoms with Crippen LogP contribution in [0.2, 0.25) is 0 Å². The number of hydrogen-bond donors (Lipinski definition) is 0. The molecule has 0 bridgehead atoms. The lowest BCUT2D eigenvalue weighted by molar-refractivity contribution is -0.132. The van der Waals surface area contributed by atoms with Crippen LogP contribution in [0.25, 0.3) is 15.9 Å². The van der Waals surface area contributed by atoms with Crippen LogP contribution >= 0.6 is 11.3 Å². The molecule has 5 rings (SSSR count). The number of nitrogens with zero attached hydrogens (tertiary/aromatic N) is 4. The molecule has 158 valence electrons. The van der Waals surface area contributed by atoms with Gasteiger partial charge in [0.05, 0.1) is 27.6 Å². The second-order valence-corrected chi connectivity index (χ2v) is 9.22. The SMILES string of the molecule is Cc1nn(-c2ccccc2)c(C)c1CCC(=O)N1CCC[C@H]1c1nc2ccccc2s1. The van der Waals surface area contributed by atoms with Crippen molar-refractivity contribution in [2.24, 2.45) is 0 Å². The van der Waals surface area contributed by atoms with Crippen LogP contribution in [0.15, 0.2) is 54.6 Å². The van der Waals surface area contributed by atoms with Crippen molar-refractivity contribution in [1.29, 1.82) is 0 Å². The van der Waals surface area contributed by atoms with Gasteiger partial charge < -0.3 is 4.90 Å². The molecule has 1 fully saturated rings. The highest BCUT2D eigenvalue weighted by Crippen LogP contribution is 2.37. The van der Waals surface area contributed by atoms with Crippen molar-refractivity contribution < 1.29 is 4.79 Å². The van der Waals surface area contributed by atoms with Gasteiger partial charge in [-0.2, -0.15) is 5.10 Å². The van der Waals surface area contributed by atoms with Gasteiger partial charge >= 0.3 is 0 Å². The standard InChI is InChI=1S/C25H26N4OS/c1-17-20(18(2)29(27-17)19-9-4-3-5-10-19)14-15-24(30)28-16-8-12-22(28)25-26-21-11-6-7-13-23(21)31-25/h3-7,9-11,13,22H,8,12,14-16H2,1-2H3/t22-/m0/s1. The van der Waals surface area contributed by atoms with Crippen molar-refractivity contribution in [3.05, 3.63) is 76.6 Å². The zero-order valence-corrected chi connectivity index (χ0v) is 18.7. The van der Waals surface area contributed by atoms with Crippen LogP contribution in [0.3, 0.4) is 0 Å². The van der Waals surface area contributed by atoms with E-state index >= 15 is 0 Å². The average Bonchev–Trinajstić information content (AvgIpc) is 3.50. The Bertz CT molecular complexity index is 1190. The normalized spacial score (nSPS) is 16.3. The third kappa shape index (κ3) is 3.76. The summed E-state index contributed by atoms with van der Waals surface area (Å²) >= 11 is 1.72. The lowest BCUT2D eigenvalue weighted by Gasteiger charge is -2.23. The van der Waals surface area contributed by atoms with Crippen molar-refractivity contribution in [1.82, 2.24) is 19.7 Å². The molecule has 1 amide bonds. The van der Waals surface area contributed by atoms with Crippen molar-refractivity contribution in [3.8, 4) is 5.69 Å². The third-order valence-electron chi connectivity index (χ3n) is 6.20. The van der Waals surface area contributed by atoms with E-state index in [2.05, 4.69) is 25.1 Å². The van der Waals surface area contributed by atoms with E-state index in [9.17, 15) is 4.79 Å². The number of hydrogen-bond acceptors (Lipinski definition) is 4. The molecule has 6 heteroatoms. The Morgan fingerprint density at radius 3 is 2.68 bits per heavy atom. The van der Waals surface area contributed by atoms with Gasteiger partial charge in [-0.1, -0.05) is 30.3 Å². The number of aromatic nitrogens is 3. The van der Waals surface area contributed by atoms with E-state index in [4.69, 9.17) is 10.1 Å². The predicted molar refractivity (Wildman–Crippen MR) is 125 cm³/mol. The first-order valence-corrected chi connectivity index (χ1v) is 11.7. The van der Waals surface area contributed by atoms with Gasteiger partial charge in [0, 0.05) is 18.7 Å². The van der Waals surface area contributed by atoms with Crippen molar-refractivity contribution >= 4 is 27.5 Å². The molecule has 3 heterocycles. The highest BCUT2D eigenvalue weighted by molar-refractivity contribution is 7.18. The van der Waals surface area contributed by atoms with Gasteiger partial charge in [0.25, 0.3) is 0 Å². The van der Waals surface area contributed by atoms with Crippen LogP contribution in [0, 0.1) is 13.8 Å². The Morgan fingerprint density at radius 2 is 1.87 bits per heavy atom. The molecule has 2 aromatic carbocycles. The molecule has 5 nitrogen and oxygen atoms in total. The largest absolute Gasteiger partial charge is 0.333 e. The van der Waals surface area contributed by atoms with Gasteiger partial charge in [0.2, 0.25) is 5.91 Å². The fourth-order valence-electron chi connectivity index (χ4n) is 4.59. The van der Waals surface area contributed by atoms with E-state index in [1.165, 1.54) is 10.3 Å². The van der Waals surface area contributed by atoms with Crippen molar-refractivity contribution in [2.75, 3.05) is 6.54 Å². The van der Waals surface area contributed by atoms with E-state index in [0.717, 1.165) is 47.0 Å². The Labute approximate surface area is 186 Å². The Balaban J connectivity index is 1.32. The van der Waals surface area contributed by atoms with Gasteiger partial charge in [-0.3, -0.25) is 4.79 Å². The monoisotopic (exact) mass is 430 g/mol. The summed E-state index contributed by atoms with van der Waals surface area (Å²) in [6, 6.07) is 18.5. The number of rotatable bonds is 5. The lowest BCUT2D eigenvalue weighted by atomic mass is 10.1. The number of amides is 1. The maximum absolute atomic E-state index is 13.2. The number of carbonyl (C=O) groups excluding carboxylic acids is 1. The molecular formula is C25H26N4OS. The molecule has 31 heavy (non-hydrogen) atoms. The number of benzene rings is 2. The molecule has 4 aromatic rings. The maximum Gasteiger partial charge on any atom is 0.223 e. The minimum atomic E-state index is 0.110. The first-order chi connectivity index (χ1) is 15.1. The summed E-state index contributed by atoms with van der Waals surface area (Å²) in [6.45, 7) is 4.94. The molecule has 1 aliphatic rings. The smallest absolute Gasteiger partial charge is 0.223 e. The van der Waals surface area contributed by atoms with E-state index in [-0.39, 0.29) is 11.9 Å². The zero-order valence-electron chi connectivity index (χ0n) is 17.9. The van der Waals surface area contributed by atoms with Crippen LogP contribution in [-0.2, 0) is 11.2 Å². The van der Waals surface area contributed by atoms with Gasteiger partial charge in [-0.15, -0.1) is 11.3 Å². The average molecular weight is 431 g/mol. The summed E-state index contributed by atoms with van der Waals surface area (Å²) in [4.78, 5) is 20.1. The quantitative estimate of drug-likeness (QED) is 0.426. The minimum absolute atomic E-state index is 0.110. The van der Waals surface area contributed by atoms with Crippen LogP contribution < -0.4 is 0 Å². The lowest BCUT2D eigenvalue weighted by Crippen LogP contribution is -2.30. The molecule has 1 aliphatic heterocycles. The van der Waals surface area contributed by atoms with E-state index in [1.807, 2.05) is 52.9 Å². The summed E-state index contributed by atoms with van der Waals surface area (Å²) < 4.78 is 3.17. The summed E-state index contributed by atoms with van der Waals surface area (Å²) in [7, 11) is 0. The molecule has 1 atom stereocenters. The highest BCUT2D eigenvalue weighted by atomic mass is 32.1. The summed E-state index contributed by atoms with van der Waals surface area (Å²) in [6.07, 6.45) is 3.25. The van der Waals surface area contributed by atoms with Crippen LogP contribution in [0.5, 0.6) is 0 Å². The minimum Gasteiger partial charge on any atom is -0.333 e. The van der Waals surface area contributed by atoms with Crippen molar-refractivity contribution in [3.63, 3.8) is 0 Å². The molecule has 0 unspecified atom stereocenters. The Kier molecular flexibility index (Phi) is 5.32. The van der Waals surface area contributed by atoms with Crippen LogP contribution in [0.1, 0.15) is 47.3 Å². The molecule has 0 radical (unpaired) electrons. The van der Waals surface area contributed by atoms with E-state index < -0.39 is 0 Å². The second kappa shape index (κ2) is 8.27.